The summed E-state index contributed by atoms with van der Waals surface area (Å²) in [5, 5.41) is 41.7. The summed E-state index contributed by atoms with van der Waals surface area (Å²) in [4.78, 5) is 67.9. The Morgan fingerprint density at radius 2 is 1.77 bits per heavy atom. The van der Waals surface area contributed by atoms with E-state index in [1.54, 1.807) is 0 Å². The van der Waals surface area contributed by atoms with Crippen molar-refractivity contribution in [3.63, 3.8) is 0 Å². The first-order valence-corrected chi connectivity index (χ1v) is 14.0. The van der Waals surface area contributed by atoms with E-state index in [1.165, 1.54) is 0 Å². The summed E-state index contributed by atoms with van der Waals surface area (Å²) < 4.78 is 49.0. The molecule has 0 aromatic carbocycles. The topological polar surface area (TPSA) is 329 Å². The van der Waals surface area contributed by atoms with Crippen LogP contribution in [0.5, 0.6) is 0 Å². The molecule has 1 amide bonds. The molecule has 23 heteroatoms. The highest BCUT2D eigenvalue weighted by Crippen LogP contribution is 2.61. The van der Waals surface area contributed by atoms with E-state index in [2.05, 4.69) is 18.7 Å². The van der Waals surface area contributed by atoms with E-state index in [0.717, 1.165) is 19.2 Å². The Hall–Kier alpha value is -2.36. The molecule has 2 unspecified atom stereocenters. The number of ether oxygens (including phenoxy) is 2. The number of carbonyl (C=O) groups is 2. The number of H-pyrrole nitrogens is 1. The van der Waals surface area contributed by atoms with Gasteiger partial charge < -0.3 is 50.7 Å². The van der Waals surface area contributed by atoms with Crippen LogP contribution in [0, 0.1) is 0 Å². The van der Waals surface area contributed by atoms with E-state index in [9.17, 15) is 58.5 Å². The van der Waals surface area contributed by atoms with Crippen LogP contribution in [0.2, 0.25) is 0 Å². The average Bonchev–Trinajstić information content (AvgIpc) is 3.09. The van der Waals surface area contributed by atoms with Gasteiger partial charge in [0.25, 0.3) is 5.56 Å². The zero-order valence-corrected chi connectivity index (χ0v) is 21.9. The Morgan fingerprint density at radius 3 is 2.35 bits per heavy atom. The highest BCUT2D eigenvalue weighted by atomic mass is 31.3. The quantitative estimate of drug-likeness (QED) is 0.111. The fourth-order valence-corrected chi connectivity index (χ4v) is 5.96. The first-order chi connectivity index (χ1) is 18.4. The normalized spacial score (nSPS) is 35.4. The highest BCUT2D eigenvalue weighted by molar-refractivity contribution is 7.61. The van der Waals surface area contributed by atoms with Crippen molar-refractivity contribution >= 4 is 27.5 Å². The molecular formula is C17H26N4O17P2. The number of phosphoric ester groups is 2. The minimum atomic E-state index is -5.70. The molecule has 3 heterocycles. The lowest BCUT2D eigenvalue weighted by atomic mass is 9.95. The number of nitrogens with one attached hydrogen (secondary N) is 2. The van der Waals surface area contributed by atoms with E-state index in [4.69, 9.17) is 15.2 Å². The maximum Gasteiger partial charge on any atom is 0.483 e. The number of aliphatic carboxylic acids is 1. The van der Waals surface area contributed by atoms with E-state index in [-0.39, 0.29) is 0 Å². The van der Waals surface area contributed by atoms with Crippen molar-refractivity contribution in [3.05, 3.63) is 33.1 Å². The van der Waals surface area contributed by atoms with Crippen LogP contribution in [-0.2, 0) is 41.6 Å². The lowest BCUT2D eigenvalue weighted by Crippen LogP contribution is -2.68. The van der Waals surface area contributed by atoms with Gasteiger partial charge in [0, 0.05) is 19.2 Å². The van der Waals surface area contributed by atoms with Crippen LogP contribution >= 0.6 is 15.6 Å². The number of aromatic amines is 1. The van der Waals surface area contributed by atoms with Gasteiger partial charge in [-0.15, -0.1) is 0 Å². The summed E-state index contributed by atoms with van der Waals surface area (Å²) >= 11 is 0. The molecule has 0 spiro atoms. The number of carboxylic acids is 1. The lowest BCUT2D eigenvalue weighted by molar-refractivity contribution is -0.221. The van der Waals surface area contributed by atoms with Crippen LogP contribution in [0.25, 0.3) is 0 Å². The lowest BCUT2D eigenvalue weighted by Gasteiger charge is -2.41. The number of nitrogens with zero attached hydrogens (tertiary/aromatic N) is 1. The molecule has 10 N–H and O–H groups in total. The van der Waals surface area contributed by atoms with Gasteiger partial charge in [0.05, 0.1) is 18.7 Å². The number of hydrogen-bond acceptors (Lipinski definition) is 15. The van der Waals surface area contributed by atoms with Gasteiger partial charge in [-0.1, -0.05) is 0 Å². The predicted octanol–water partition coefficient (Wildman–Crippen LogP) is -4.59. The SMILES string of the molecule is CC(=O)N[C@H]1[C@@H](OP(=O)(O)OP(=O)(O)OC[C@H]2O[C@@H](n3ccc(=O)[nH]c3=O)[C@H](O)[C@@H]2O)O[C@H](C(=O)O)[C@@H](O)[C@@H]1N. The highest BCUT2D eigenvalue weighted by Gasteiger charge is 2.51. The number of carboxylic acid groups (broad SMARTS) is 1. The Kier molecular flexibility index (Phi) is 9.85. The molecule has 0 bridgehead atoms. The molecule has 1 aromatic heterocycles. The maximum absolute atomic E-state index is 12.5. The second-order valence-electron chi connectivity index (χ2n) is 8.54. The zero-order valence-electron chi connectivity index (χ0n) is 20.2. The van der Waals surface area contributed by atoms with Crippen LogP contribution < -0.4 is 22.3 Å². The number of amides is 1. The second kappa shape index (κ2) is 12.2. The van der Waals surface area contributed by atoms with Crippen LogP contribution in [0.1, 0.15) is 13.2 Å². The second-order valence-corrected chi connectivity index (χ2v) is 11.5. The monoisotopic (exact) mass is 620 g/mol. The van der Waals surface area contributed by atoms with Gasteiger partial charge in [-0.05, 0) is 0 Å². The number of aliphatic hydroxyl groups is 3. The largest absolute Gasteiger partial charge is 0.483 e. The third-order valence-corrected chi connectivity index (χ3v) is 8.21. The molecule has 0 aliphatic carbocycles. The molecule has 2 aliphatic rings. The van der Waals surface area contributed by atoms with Crippen molar-refractivity contribution in [3.8, 4) is 0 Å². The fraction of sp³-hybridized carbons (Fsp3) is 0.647. The molecule has 1 aromatic rings. The molecule has 0 radical (unpaired) electrons. The van der Waals surface area contributed by atoms with Gasteiger partial charge in [-0.25, -0.2) is 18.7 Å². The Labute approximate surface area is 222 Å². The smallest absolute Gasteiger partial charge is 0.479 e. The van der Waals surface area contributed by atoms with Crippen molar-refractivity contribution in [2.75, 3.05) is 6.61 Å². The summed E-state index contributed by atoms with van der Waals surface area (Å²) in [7, 11) is -11.3. The number of aliphatic hydroxyl groups excluding tert-OH is 3. The van der Waals surface area contributed by atoms with Gasteiger partial charge in [0.2, 0.25) is 5.91 Å². The molecule has 0 saturated carbocycles. The number of hydrogen-bond donors (Lipinski definition) is 9. The minimum absolute atomic E-state index is 0.710. The number of carbonyl (C=O) groups excluding carboxylic acids is 1. The van der Waals surface area contributed by atoms with Gasteiger partial charge in [-0.3, -0.25) is 28.2 Å². The van der Waals surface area contributed by atoms with E-state index in [1.807, 2.05) is 4.98 Å². The summed E-state index contributed by atoms with van der Waals surface area (Å²) in [6, 6.07) is -2.33. The van der Waals surface area contributed by atoms with Crippen molar-refractivity contribution in [1.82, 2.24) is 14.9 Å². The average molecular weight is 620 g/mol. The third kappa shape index (κ3) is 7.47. The van der Waals surface area contributed by atoms with Crippen molar-refractivity contribution in [2.45, 2.75) is 62.0 Å². The number of aromatic nitrogens is 2. The van der Waals surface area contributed by atoms with E-state index >= 15 is 0 Å². The molecule has 40 heavy (non-hydrogen) atoms. The first kappa shape index (κ1) is 32.2. The molecular weight excluding hydrogens is 594 g/mol. The van der Waals surface area contributed by atoms with Crippen LogP contribution in [0.3, 0.4) is 0 Å². The van der Waals surface area contributed by atoms with E-state index in [0.29, 0.717) is 4.57 Å². The minimum Gasteiger partial charge on any atom is -0.479 e. The number of nitrogens with two attached hydrogens (primary N) is 1. The molecule has 226 valence electrons. The van der Waals surface area contributed by atoms with Crippen LogP contribution in [0.4, 0.5) is 0 Å². The zero-order chi connectivity index (χ0) is 30.2. The fourth-order valence-electron chi connectivity index (χ4n) is 3.80. The molecule has 21 nitrogen and oxygen atoms in total. The molecule has 2 aliphatic heterocycles. The number of phosphoric acid groups is 2. The van der Waals surface area contributed by atoms with E-state index < -0.39 is 100 Å². The Balaban J connectivity index is 1.68. The summed E-state index contributed by atoms with van der Waals surface area (Å²) in [6.07, 6.45) is -12.0. The summed E-state index contributed by atoms with van der Waals surface area (Å²) in [5.74, 6) is -2.56. The maximum atomic E-state index is 12.5. The van der Waals surface area contributed by atoms with Gasteiger partial charge >= 0.3 is 27.3 Å². The predicted molar refractivity (Wildman–Crippen MR) is 123 cm³/mol. The van der Waals surface area contributed by atoms with Gasteiger partial charge in [0.1, 0.15) is 24.4 Å². The first-order valence-electron chi connectivity index (χ1n) is 11.0. The molecule has 3 rings (SSSR count). The third-order valence-electron chi connectivity index (χ3n) is 5.61. The van der Waals surface area contributed by atoms with Gasteiger partial charge in [-0.2, -0.15) is 4.31 Å². The summed E-state index contributed by atoms with van der Waals surface area (Å²) in [5.41, 5.74) is 3.95. The summed E-state index contributed by atoms with van der Waals surface area (Å²) in [6.45, 7) is -0.0774. The van der Waals surface area contributed by atoms with Crippen molar-refractivity contribution in [2.24, 2.45) is 5.73 Å². The van der Waals surface area contributed by atoms with Crippen LogP contribution in [-0.4, -0.2) is 107 Å². The van der Waals surface area contributed by atoms with Gasteiger partial charge in [0.15, 0.2) is 18.6 Å². The molecule has 2 fully saturated rings. The number of rotatable bonds is 10. The van der Waals surface area contributed by atoms with Crippen molar-refractivity contribution in [1.29, 1.82) is 0 Å². The van der Waals surface area contributed by atoms with Crippen LogP contribution in [0.15, 0.2) is 21.9 Å². The molecule has 2 saturated heterocycles. The van der Waals surface area contributed by atoms with Crippen molar-refractivity contribution < 1.29 is 71.8 Å². The molecule has 11 atom stereocenters. The Morgan fingerprint density at radius 1 is 1.12 bits per heavy atom. The Bertz CT molecular complexity index is 1320. The standard InChI is InChI=1S/C17H26N4O17P2/c1-5(22)19-9-8(18)11(25)13(15(27)28)36-16(9)37-40(32,33)38-39(30,31)34-4-6-10(24)12(26)14(35-6)21-3-2-7(23)20-17(21)29/h2-3,6,8-14,16,24-26H,4,18H2,1H3,(H,19,22)(H,27,28)(H,30,31)(H,32,33)(H,20,23,29)/t6-,8-,9-,10-,11+,12-,13+,14-,16-/m1/s1.